The lowest BCUT2D eigenvalue weighted by molar-refractivity contribution is -0.151. The van der Waals surface area contributed by atoms with Crippen LogP contribution in [0.3, 0.4) is 0 Å². The van der Waals surface area contributed by atoms with Crippen molar-refractivity contribution in [1.82, 2.24) is 15.1 Å². The standard InChI is InChI=1S/C14H19N3O2/c1-4-19-13(18)14(2,15-3)10-17-12-8-6-5-7-11(12)9-16-17/h5-9,15H,4,10H2,1-3H3. The lowest BCUT2D eigenvalue weighted by Crippen LogP contribution is -2.52. The summed E-state index contributed by atoms with van der Waals surface area (Å²) in [5.74, 6) is -0.267. The Morgan fingerprint density at radius 2 is 2.21 bits per heavy atom. The number of esters is 1. The molecular weight excluding hydrogens is 242 g/mol. The van der Waals surface area contributed by atoms with Gasteiger partial charge >= 0.3 is 5.97 Å². The Labute approximate surface area is 112 Å². The van der Waals surface area contributed by atoms with Gasteiger partial charge in [-0.1, -0.05) is 18.2 Å². The molecule has 1 unspecified atom stereocenters. The molecule has 2 rings (SSSR count). The monoisotopic (exact) mass is 261 g/mol. The Kier molecular flexibility index (Phi) is 3.85. The van der Waals surface area contributed by atoms with E-state index in [0.717, 1.165) is 10.9 Å². The fourth-order valence-electron chi connectivity index (χ4n) is 1.99. The van der Waals surface area contributed by atoms with Crippen LogP contribution in [-0.2, 0) is 16.1 Å². The average Bonchev–Trinajstić information content (AvgIpc) is 2.82. The maximum Gasteiger partial charge on any atom is 0.327 e. The van der Waals surface area contributed by atoms with Gasteiger partial charge in [-0.25, -0.2) is 4.79 Å². The van der Waals surface area contributed by atoms with Crippen molar-refractivity contribution in [2.45, 2.75) is 25.9 Å². The van der Waals surface area contributed by atoms with E-state index in [-0.39, 0.29) is 5.97 Å². The molecule has 0 aliphatic rings. The first-order valence-corrected chi connectivity index (χ1v) is 6.37. The molecular formula is C14H19N3O2. The highest BCUT2D eigenvalue weighted by Crippen LogP contribution is 2.17. The summed E-state index contributed by atoms with van der Waals surface area (Å²) >= 11 is 0. The highest BCUT2D eigenvalue weighted by Gasteiger charge is 2.34. The first-order chi connectivity index (χ1) is 9.10. The summed E-state index contributed by atoms with van der Waals surface area (Å²) in [6.07, 6.45) is 1.80. The number of hydrogen-bond donors (Lipinski definition) is 1. The van der Waals surface area contributed by atoms with Gasteiger partial charge in [0.15, 0.2) is 0 Å². The van der Waals surface area contributed by atoms with Gasteiger partial charge < -0.3 is 10.1 Å². The molecule has 1 heterocycles. The van der Waals surface area contributed by atoms with Crippen LogP contribution >= 0.6 is 0 Å². The van der Waals surface area contributed by atoms with Crippen molar-refractivity contribution in [2.75, 3.05) is 13.7 Å². The molecule has 0 bridgehead atoms. The largest absolute Gasteiger partial charge is 0.465 e. The third-order valence-corrected chi connectivity index (χ3v) is 3.29. The second kappa shape index (κ2) is 5.40. The molecule has 102 valence electrons. The molecule has 5 nitrogen and oxygen atoms in total. The molecule has 0 aliphatic carbocycles. The van der Waals surface area contributed by atoms with E-state index in [0.29, 0.717) is 13.2 Å². The molecule has 0 aliphatic heterocycles. The number of carbonyl (C=O) groups excluding carboxylic acids is 1. The van der Waals surface area contributed by atoms with Gasteiger partial charge in [0.25, 0.3) is 0 Å². The average molecular weight is 261 g/mol. The first-order valence-electron chi connectivity index (χ1n) is 6.37. The van der Waals surface area contributed by atoms with Gasteiger partial charge in [0.2, 0.25) is 0 Å². The second-order valence-electron chi connectivity index (χ2n) is 4.66. The Hall–Kier alpha value is -1.88. The van der Waals surface area contributed by atoms with Crippen molar-refractivity contribution < 1.29 is 9.53 Å². The van der Waals surface area contributed by atoms with Gasteiger partial charge in [0, 0.05) is 5.39 Å². The normalized spacial score (nSPS) is 14.3. The van der Waals surface area contributed by atoms with E-state index in [1.807, 2.05) is 35.9 Å². The number of rotatable bonds is 5. The van der Waals surface area contributed by atoms with E-state index in [9.17, 15) is 4.79 Å². The summed E-state index contributed by atoms with van der Waals surface area (Å²) in [5.41, 5.74) is 0.221. The predicted molar refractivity (Wildman–Crippen MR) is 73.8 cm³/mol. The van der Waals surface area contributed by atoms with Crippen LogP contribution in [0.5, 0.6) is 0 Å². The number of hydrogen-bond acceptors (Lipinski definition) is 4. The molecule has 2 aromatic rings. The number of fused-ring (bicyclic) bond motifs is 1. The molecule has 1 N–H and O–H groups in total. The third-order valence-electron chi connectivity index (χ3n) is 3.29. The van der Waals surface area contributed by atoms with Crippen molar-refractivity contribution >= 4 is 16.9 Å². The number of para-hydroxylation sites is 1. The summed E-state index contributed by atoms with van der Waals surface area (Å²) in [7, 11) is 1.75. The first kappa shape index (κ1) is 13.5. The maximum atomic E-state index is 12.0. The van der Waals surface area contributed by atoms with E-state index in [4.69, 9.17) is 4.74 Å². The van der Waals surface area contributed by atoms with Gasteiger partial charge in [0.05, 0.1) is 24.9 Å². The molecule has 1 atom stereocenters. The van der Waals surface area contributed by atoms with Crippen LogP contribution in [0.25, 0.3) is 10.9 Å². The molecule has 0 saturated carbocycles. The van der Waals surface area contributed by atoms with Crippen LogP contribution in [-0.4, -0.2) is 34.9 Å². The lowest BCUT2D eigenvalue weighted by Gasteiger charge is -2.26. The third kappa shape index (κ3) is 2.61. The Morgan fingerprint density at radius 3 is 2.89 bits per heavy atom. The summed E-state index contributed by atoms with van der Waals surface area (Å²) in [6, 6.07) is 7.92. The van der Waals surface area contributed by atoms with Gasteiger partial charge in [0.1, 0.15) is 5.54 Å². The Balaban J connectivity index is 2.29. The van der Waals surface area contributed by atoms with Crippen LogP contribution in [0.15, 0.2) is 30.5 Å². The second-order valence-corrected chi connectivity index (χ2v) is 4.66. The molecule has 0 fully saturated rings. The SMILES string of the molecule is CCOC(=O)C(C)(Cn1ncc2ccccc21)NC. The molecule has 0 radical (unpaired) electrons. The molecule has 0 amide bonds. The highest BCUT2D eigenvalue weighted by atomic mass is 16.5. The van der Waals surface area contributed by atoms with Gasteiger partial charge in [-0.2, -0.15) is 5.10 Å². The van der Waals surface area contributed by atoms with Crippen molar-refractivity contribution in [3.63, 3.8) is 0 Å². The predicted octanol–water partition coefficient (Wildman–Crippen LogP) is 1.58. The maximum absolute atomic E-state index is 12.0. The summed E-state index contributed by atoms with van der Waals surface area (Å²) in [6.45, 7) is 4.42. The molecule has 1 aromatic heterocycles. The number of nitrogens with zero attached hydrogens (tertiary/aromatic N) is 2. The van der Waals surface area contributed by atoms with Crippen LogP contribution in [0, 0.1) is 0 Å². The number of likely N-dealkylation sites (N-methyl/N-ethyl adjacent to an activating group) is 1. The van der Waals surface area contributed by atoms with Gasteiger partial charge in [-0.05, 0) is 27.0 Å². The van der Waals surface area contributed by atoms with Crippen LogP contribution in [0.1, 0.15) is 13.8 Å². The minimum absolute atomic E-state index is 0.267. The zero-order valence-electron chi connectivity index (χ0n) is 11.5. The van der Waals surface area contributed by atoms with Crippen molar-refractivity contribution in [3.8, 4) is 0 Å². The molecule has 5 heteroatoms. The molecule has 0 saturated heterocycles. The van der Waals surface area contributed by atoms with E-state index in [1.54, 1.807) is 20.2 Å². The lowest BCUT2D eigenvalue weighted by atomic mass is 10.0. The van der Waals surface area contributed by atoms with Crippen LogP contribution in [0.4, 0.5) is 0 Å². The van der Waals surface area contributed by atoms with Crippen LogP contribution in [0.2, 0.25) is 0 Å². The number of benzene rings is 1. The Morgan fingerprint density at radius 1 is 1.47 bits per heavy atom. The molecule has 0 spiro atoms. The van der Waals surface area contributed by atoms with E-state index in [1.165, 1.54) is 0 Å². The summed E-state index contributed by atoms with van der Waals surface area (Å²) < 4.78 is 6.94. The quantitative estimate of drug-likeness (QED) is 0.830. The van der Waals surface area contributed by atoms with Crippen molar-refractivity contribution in [1.29, 1.82) is 0 Å². The fraction of sp³-hybridized carbons (Fsp3) is 0.429. The number of aromatic nitrogens is 2. The molecule has 19 heavy (non-hydrogen) atoms. The fourth-order valence-corrected chi connectivity index (χ4v) is 1.99. The van der Waals surface area contributed by atoms with E-state index >= 15 is 0 Å². The number of ether oxygens (including phenoxy) is 1. The summed E-state index contributed by atoms with van der Waals surface area (Å²) in [4.78, 5) is 12.0. The minimum Gasteiger partial charge on any atom is -0.465 e. The Bertz CT molecular complexity index is 579. The van der Waals surface area contributed by atoms with E-state index in [2.05, 4.69) is 10.4 Å². The molecule has 1 aromatic carbocycles. The van der Waals surface area contributed by atoms with Crippen LogP contribution < -0.4 is 5.32 Å². The highest BCUT2D eigenvalue weighted by molar-refractivity contribution is 5.81. The van der Waals surface area contributed by atoms with Gasteiger partial charge in [-0.15, -0.1) is 0 Å². The van der Waals surface area contributed by atoms with Crippen molar-refractivity contribution in [2.24, 2.45) is 0 Å². The smallest absolute Gasteiger partial charge is 0.327 e. The summed E-state index contributed by atoms with van der Waals surface area (Å²) in [5, 5.41) is 8.43. The zero-order chi connectivity index (χ0) is 13.9. The van der Waals surface area contributed by atoms with E-state index < -0.39 is 5.54 Å². The van der Waals surface area contributed by atoms with Gasteiger partial charge in [-0.3, -0.25) is 4.68 Å². The zero-order valence-corrected chi connectivity index (χ0v) is 11.5. The van der Waals surface area contributed by atoms with Crippen molar-refractivity contribution in [3.05, 3.63) is 30.5 Å². The minimum atomic E-state index is -0.787. The number of nitrogens with one attached hydrogen (secondary N) is 1. The topological polar surface area (TPSA) is 56.2 Å². The number of carbonyl (C=O) groups is 1.